The standard InChI is InChI=1S/C8H13NO/c9-7-1-5-3-8(10)4-6(5)2-7/h5-7H,1-4,9H2/t5-,6+,7?. The minimum atomic E-state index is 0.392. The van der Waals surface area contributed by atoms with Gasteiger partial charge in [0.2, 0.25) is 0 Å². The molecule has 2 N–H and O–H groups in total. The molecule has 2 fully saturated rings. The Kier molecular flexibility index (Phi) is 1.31. The van der Waals surface area contributed by atoms with E-state index in [-0.39, 0.29) is 0 Å². The maximum Gasteiger partial charge on any atom is 0.133 e. The summed E-state index contributed by atoms with van der Waals surface area (Å²) in [6.45, 7) is 0. The summed E-state index contributed by atoms with van der Waals surface area (Å²) in [5.74, 6) is 1.77. The first-order valence-corrected chi connectivity index (χ1v) is 4.03. The summed E-state index contributed by atoms with van der Waals surface area (Å²) in [6, 6.07) is 0.392. The number of hydrogen-bond donors (Lipinski definition) is 1. The van der Waals surface area contributed by atoms with E-state index in [0.717, 1.165) is 25.7 Å². The lowest BCUT2D eigenvalue weighted by Crippen LogP contribution is -2.16. The molecule has 2 rings (SSSR count). The zero-order valence-electron chi connectivity index (χ0n) is 6.05. The highest BCUT2D eigenvalue weighted by Crippen LogP contribution is 2.41. The van der Waals surface area contributed by atoms with Gasteiger partial charge in [-0.25, -0.2) is 0 Å². The quantitative estimate of drug-likeness (QED) is 0.537. The van der Waals surface area contributed by atoms with Crippen molar-refractivity contribution in [3.05, 3.63) is 0 Å². The van der Waals surface area contributed by atoms with E-state index in [1.54, 1.807) is 0 Å². The summed E-state index contributed by atoms with van der Waals surface area (Å²) in [5, 5.41) is 0. The third-order valence-corrected chi connectivity index (χ3v) is 2.86. The van der Waals surface area contributed by atoms with Crippen LogP contribution in [0, 0.1) is 11.8 Å². The van der Waals surface area contributed by atoms with Gasteiger partial charge in [0.25, 0.3) is 0 Å². The predicted molar refractivity (Wildman–Crippen MR) is 38.4 cm³/mol. The average Bonchev–Trinajstić information content (AvgIpc) is 2.21. The SMILES string of the molecule is NC1C[C@H]2CC(=O)C[C@H]2C1. The molecule has 0 radical (unpaired) electrons. The van der Waals surface area contributed by atoms with Crippen molar-refractivity contribution in [2.75, 3.05) is 0 Å². The molecule has 56 valence electrons. The second-order valence-corrected chi connectivity index (χ2v) is 3.70. The lowest BCUT2D eigenvalue weighted by molar-refractivity contribution is -0.117. The summed E-state index contributed by atoms with van der Waals surface area (Å²) < 4.78 is 0. The number of carbonyl (C=O) groups excluding carboxylic acids is 1. The van der Waals surface area contributed by atoms with Crippen LogP contribution in [0.4, 0.5) is 0 Å². The normalized spacial score (nSPS) is 46.1. The monoisotopic (exact) mass is 139 g/mol. The fourth-order valence-electron chi connectivity index (χ4n) is 2.43. The molecule has 3 atom stereocenters. The zero-order chi connectivity index (χ0) is 7.14. The summed E-state index contributed by atoms with van der Waals surface area (Å²) in [4.78, 5) is 10.9. The van der Waals surface area contributed by atoms with Crippen LogP contribution < -0.4 is 5.73 Å². The first-order chi connectivity index (χ1) is 4.75. The van der Waals surface area contributed by atoms with Gasteiger partial charge in [-0.15, -0.1) is 0 Å². The fourth-order valence-corrected chi connectivity index (χ4v) is 2.43. The summed E-state index contributed by atoms with van der Waals surface area (Å²) in [6.07, 6.45) is 3.82. The van der Waals surface area contributed by atoms with Crippen LogP contribution in [0.5, 0.6) is 0 Å². The van der Waals surface area contributed by atoms with Crippen LogP contribution in [0.25, 0.3) is 0 Å². The molecule has 1 unspecified atom stereocenters. The van der Waals surface area contributed by atoms with Crippen molar-refractivity contribution >= 4 is 5.78 Å². The van der Waals surface area contributed by atoms with Gasteiger partial charge in [-0.3, -0.25) is 4.79 Å². The van der Waals surface area contributed by atoms with Crippen LogP contribution in [0.3, 0.4) is 0 Å². The maximum absolute atomic E-state index is 10.9. The van der Waals surface area contributed by atoms with Crippen molar-refractivity contribution in [3.63, 3.8) is 0 Å². The number of fused-ring (bicyclic) bond motifs is 1. The lowest BCUT2D eigenvalue weighted by atomic mass is 10.0. The van der Waals surface area contributed by atoms with E-state index in [2.05, 4.69) is 0 Å². The summed E-state index contributed by atoms with van der Waals surface area (Å²) >= 11 is 0. The Hall–Kier alpha value is -0.370. The number of hydrogen-bond acceptors (Lipinski definition) is 2. The molecule has 0 bridgehead atoms. The van der Waals surface area contributed by atoms with E-state index < -0.39 is 0 Å². The Balaban J connectivity index is 2.06. The number of carbonyl (C=O) groups is 1. The number of Topliss-reactive ketones (excluding diaryl/α,β-unsaturated/α-hetero) is 1. The van der Waals surface area contributed by atoms with Crippen molar-refractivity contribution in [1.29, 1.82) is 0 Å². The van der Waals surface area contributed by atoms with E-state index in [1.807, 2.05) is 0 Å². The molecule has 2 saturated carbocycles. The lowest BCUT2D eigenvalue weighted by Gasteiger charge is -2.02. The van der Waals surface area contributed by atoms with E-state index in [1.165, 1.54) is 0 Å². The molecule has 2 aliphatic rings. The van der Waals surface area contributed by atoms with Crippen molar-refractivity contribution in [3.8, 4) is 0 Å². The van der Waals surface area contributed by atoms with Crippen LogP contribution in [-0.4, -0.2) is 11.8 Å². The first kappa shape index (κ1) is 6.35. The Labute approximate surface area is 60.8 Å². The molecule has 0 aromatic rings. The van der Waals surface area contributed by atoms with Crippen LogP contribution in [0.2, 0.25) is 0 Å². The van der Waals surface area contributed by atoms with E-state index in [0.29, 0.717) is 23.7 Å². The van der Waals surface area contributed by atoms with Gasteiger partial charge < -0.3 is 5.73 Å². The average molecular weight is 139 g/mol. The van der Waals surface area contributed by atoms with E-state index in [9.17, 15) is 4.79 Å². The Morgan fingerprint density at radius 2 is 1.70 bits per heavy atom. The Bertz CT molecular complexity index is 151. The van der Waals surface area contributed by atoms with E-state index >= 15 is 0 Å². The van der Waals surface area contributed by atoms with Crippen LogP contribution >= 0.6 is 0 Å². The third kappa shape index (κ3) is 0.870. The summed E-state index contributed by atoms with van der Waals surface area (Å²) in [7, 11) is 0. The first-order valence-electron chi connectivity index (χ1n) is 4.03. The predicted octanol–water partition coefficient (Wildman–Crippen LogP) is 0.703. The molecule has 2 aliphatic carbocycles. The molecule has 0 aliphatic heterocycles. The van der Waals surface area contributed by atoms with Gasteiger partial charge in [0.05, 0.1) is 0 Å². The third-order valence-electron chi connectivity index (χ3n) is 2.86. The highest BCUT2D eigenvalue weighted by atomic mass is 16.1. The van der Waals surface area contributed by atoms with Gasteiger partial charge in [-0.05, 0) is 24.7 Å². The second kappa shape index (κ2) is 2.06. The molecular weight excluding hydrogens is 126 g/mol. The highest BCUT2D eigenvalue weighted by molar-refractivity contribution is 5.81. The van der Waals surface area contributed by atoms with Gasteiger partial charge in [0, 0.05) is 18.9 Å². The van der Waals surface area contributed by atoms with Crippen molar-refractivity contribution in [2.45, 2.75) is 31.7 Å². The minimum absolute atomic E-state index is 0.392. The van der Waals surface area contributed by atoms with Crippen molar-refractivity contribution in [2.24, 2.45) is 17.6 Å². The number of rotatable bonds is 0. The molecule has 0 aromatic carbocycles. The Morgan fingerprint density at radius 1 is 1.20 bits per heavy atom. The molecule has 0 aromatic heterocycles. The molecule has 0 heterocycles. The second-order valence-electron chi connectivity index (χ2n) is 3.70. The molecule has 0 spiro atoms. The van der Waals surface area contributed by atoms with Crippen LogP contribution in [-0.2, 0) is 4.79 Å². The van der Waals surface area contributed by atoms with Crippen LogP contribution in [0.15, 0.2) is 0 Å². The van der Waals surface area contributed by atoms with E-state index in [4.69, 9.17) is 5.73 Å². The van der Waals surface area contributed by atoms with Gasteiger partial charge in [0.1, 0.15) is 5.78 Å². The maximum atomic E-state index is 10.9. The zero-order valence-corrected chi connectivity index (χ0v) is 6.05. The largest absolute Gasteiger partial charge is 0.328 e. The smallest absolute Gasteiger partial charge is 0.133 e. The summed E-state index contributed by atoms with van der Waals surface area (Å²) in [5.41, 5.74) is 5.76. The number of nitrogens with two attached hydrogens (primary N) is 1. The van der Waals surface area contributed by atoms with Gasteiger partial charge >= 0.3 is 0 Å². The minimum Gasteiger partial charge on any atom is -0.328 e. The molecule has 0 amide bonds. The molecule has 10 heavy (non-hydrogen) atoms. The fraction of sp³-hybridized carbons (Fsp3) is 0.875. The Morgan fingerprint density at radius 3 is 2.20 bits per heavy atom. The van der Waals surface area contributed by atoms with Gasteiger partial charge in [0.15, 0.2) is 0 Å². The highest BCUT2D eigenvalue weighted by Gasteiger charge is 2.39. The van der Waals surface area contributed by atoms with Gasteiger partial charge in [-0.1, -0.05) is 0 Å². The van der Waals surface area contributed by atoms with Crippen molar-refractivity contribution in [1.82, 2.24) is 0 Å². The molecule has 0 saturated heterocycles. The van der Waals surface area contributed by atoms with Crippen molar-refractivity contribution < 1.29 is 4.79 Å². The molecule has 2 nitrogen and oxygen atoms in total. The van der Waals surface area contributed by atoms with Crippen LogP contribution in [0.1, 0.15) is 25.7 Å². The topological polar surface area (TPSA) is 43.1 Å². The number of ketones is 1. The molecule has 2 heteroatoms. The van der Waals surface area contributed by atoms with Gasteiger partial charge in [-0.2, -0.15) is 0 Å². The molecular formula is C8H13NO.